The zero-order chi connectivity index (χ0) is 15.7. The highest BCUT2D eigenvalue weighted by Gasteiger charge is 2.11. The van der Waals surface area contributed by atoms with Gasteiger partial charge in [0.15, 0.2) is 9.47 Å². The van der Waals surface area contributed by atoms with Crippen LogP contribution in [0.1, 0.15) is 12.6 Å². The topological polar surface area (TPSA) is 46.1 Å². The summed E-state index contributed by atoms with van der Waals surface area (Å²) in [5.41, 5.74) is 1.88. The van der Waals surface area contributed by atoms with E-state index < -0.39 is 0 Å². The van der Waals surface area contributed by atoms with Crippen LogP contribution in [0.3, 0.4) is 0 Å². The first-order chi connectivity index (χ1) is 10.5. The van der Waals surface area contributed by atoms with Crippen LogP contribution in [0.5, 0.6) is 0 Å². The summed E-state index contributed by atoms with van der Waals surface area (Å²) in [5, 5.41) is 3.40. The van der Waals surface area contributed by atoms with Crippen molar-refractivity contribution < 1.29 is 4.79 Å². The van der Waals surface area contributed by atoms with Gasteiger partial charge in [0, 0.05) is 30.1 Å². The van der Waals surface area contributed by atoms with E-state index in [0.29, 0.717) is 5.02 Å². The molecule has 0 unspecified atom stereocenters. The summed E-state index contributed by atoms with van der Waals surface area (Å²) >= 11 is 10.7. The lowest BCUT2D eigenvalue weighted by atomic mass is 10.3. The van der Waals surface area contributed by atoms with Crippen LogP contribution in [0, 0.1) is 0 Å². The van der Waals surface area contributed by atoms with Crippen molar-refractivity contribution in [3.63, 3.8) is 0 Å². The highest BCUT2D eigenvalue weighted by Crippen LogP contribution is 2.33. The molecule has 1 amide bonds. The Kier molecular flexibility index (Phi) is 4.67. The molecular formula is C14H12ClN3OS3. The van der Waals surface area contributed by atoms with Crippen molar-refractivity contribution in [2.45, 2.75) is 17.0 Å². The number of anilines is 1. The van der Waals surface area contributed by atoms with Gasteiger partial charge in [-0.05, 0) is 18.2 Å². The standard InChI is InChI=1S/C14H12ClN3OS3/c1-8(19)18(2)13-16-10(6-20-13)7-21-14-17-11-5-9(15)3-4-12(11)22-14/h3-6H,7H2,1-2H3. The molecule has 0 saturated heterocycles. The average Bonchev–Trinajstić information content (AvgIpc) is 3.09. The van der Waals surface area contributed by atoms with Gasteiger partial charge in [0.05, 0.1) is 15.9 Å². The Bertz CT molecular complexity index is 830. The Morgan fingerprint density at radius 1 is 1.41 bits per heavy atom. The van der Waals surface area contributed by atoms with Crippen LogP contribution in [-0.4, -0.2) is 22.9 Å². The van der Waals surface area contributed by atoms with Crippen molar-refractivity contribution in [2.24, 2.45) is 0 Å². The molecule has 114 valence electrons. The first-order valence-corrected chi connectivity index (χ1v) is 9.46. The molecule has 0 aliphatic rings. The third-order valence-electron chi connectivity index (χ3n) is 2.97. The Hall–Kier alpha value is -1.15. The number of hydrogen-bond acceptors (Lipinski definition) is 6. The zero-order valence-corrected chi connectivity index (χ0v) is 15.1. The summed E-state index contributed by atoms with van der Waals surface area (Å²) in [5.74, 6) is 0.715. The number of carbonyl (C=O) groups excluding carboxylic acids is 1. The van der Waals surface area contributed by atoms with Crippen LogP contribution in [0.15, 0.2) is 27.9 Å². The maximum Gasteiger partial charge on any atom is 0.225 e. The molecule has 3 rings (SSSR count). The summed E-state index contributed by atoms with van der Waals surface area (Å²) in [6.07, 6.45) is 0. The molecule has 0 bridgehead atoms. The van der Waals surface area contributed by atoms with Gasteiger partial charge in [-0.25, -0.2) is 9.97 Å². The van der Waals surface area contributed by atoms with Crippen LogP contribution in [-0.2, 0) is 10.5 Å². The van der Waals surface area contributed by atoms with Crippen molar-refractivity contribution in [2.75, 3.05) is 11.9 Å². The fourth-order valence-electron chi connectivity index (χ4n) is 1.73. The number of aromatic nitrogens is 2. The van der Waals surface area contributed by atoms with Crippen LogP contribution in [0.25, 0.3) is 10.2 Å². The fraction of sp³-hybridized carbons (Fsp3) is 0.214. The van der Waals surface area contributed by atoms with Crippen LogP contribution in [0.2, 0.25) is 5.02 Å². The van der Waals surface area contributed by atoms with Crippen molar-refractivity contribution >= 4 is 67.3 Å². The van der Waals surface area contributed by atoms with Gasteiger partial charge in [-0.3, -0.25) is 9.69 Å². The fourth-order valence-corrected chi connectivity index (χ4v) is 4.78. The highest BCUT2D eigenvalue weighted by atomic mass is 35.5. The Morgan fingerprint density at radius 2 is 2.23 bits per heavy atom. The summed E-state index contributed by atoms with van der Waals surface area (Å²) in [4.78, 5) is 21.9. The van der Waals surface area contributed by atoms with E-state index in [4.69, 9.17) is 11.6 Å². The number of benzene rings is 1. The number of rotatable bonds is 4. The molecule has 3 aromatic rings. The van der Waals surface area contributed by atoms with Crippen LogP contribution in [0.4, 0.5) is 5.13 Å². The minimum Gasteiger partial charge on any atom is -0.292 e. The van der Waals surface area contributed by atoms with Gasteiger partial charge in [-0.15, -0.1) is 22.7 Å². The largest absolute Gasteiger partial charge is 0.292 e. The van der Waals surface area contributed by atoms with Gasteiger partial charge in [0.2, 0.25) is 5.91 Å². The van der Waals surface area contributed by atoms with E-state index >= 15 is 0 Å². The predicted molar refractivity (Wildman–Crippen MR) is 95.4 cm³/mol. The molecule has 4 nitrogen and oxygen atoms in total. The van der Waals surface area contributed by atoms with Crippen molar-refractivity contribution in [3.05, 3.63) is 34.3 Å². The summed E-state index contributed by atoms with van der Waals surface area (Å²) in [6.45, 7) is 1.53. The average molecular weight is 370 g/mol. The maximum absolute atomic E-state index is 11.3. The lowest BCUT2D eigenvalue weighted by Crippen LogP contribution is -2.22. The number of thiazole rings is 2. The van der Waals surface area contributed by atoms with E-state index in [1.807, 2.05) is 23.6 Å². The molecule has 0 N–H and O–H groups in total. The smallest absolute Gasteiger partial charge is 0.225 e. The minimum atomic E-state index is -0.0170. The van der Waals surface area contributed by atoms with Gasteiger partial charge in [0.1, 0.15) is 0 Å². The second-order valence-electron chi connectivity index (χ2n) is 4.58. The molecule has 2 aromatic heterocycles. The highest BCUT2D eigenvalue weighted by molar-refractivity contribution is 8.00. The number of halogens is 1. The molecule has 8 heteroatoms. The first-order valence-electron chi connectivity index (χ1n) is 6.40. The maximum atomic E-state index is 11.3. The van der Waals surface area contributed by atoms with Crippen molar-refractivity contribution in [1.29, 1.82) is 0 Å². The Labute approximate surface area is 145 Å². The van der Waals surface area contributed by atoms with E-state index in [1.165, 1.54) is 18.3 Å². The second kappa shape index (κ2) is 6.54. The molecule has 1 aromatic carbocycles. The van der Waals surface area contributed by atoms with E-state index in [0.717, 1.165) is 31.1 Å². The molecule has 0 aliphatic carbocycles. The van der Waals surface area contributed by atoms with Crippen LogP contribution < -0.4 is 4.90 Å². The SMILES string of the molecule is CC(=O)N(C)c1nc(CSc2nc3cc(Cl)ccc3s2)cs1. The molecule has 0 spiro atoms. The van der Waals surface area contributed by atoms with E-state index in [9.17, 15) is 4.79 Å². The Morgan fingerprint density at radius 3 is 3.00 bits per heavy atom. The van der Waals surface area contributed by atoms with Gasteiger partial charge >= 0.3 is 0 Å². The molecule has 0 atom stereocenters. The van der Waals surface area contributed by atoms with Gasteiger partial charge < -0.3 is 0 Å². The minimum absolute atomic E-state index is 0.0170. The predicted octanol–water partition coefficient (Wildman–Crippen LogP) is 4.68. The van der Waals surface area contributed by atoms with E-state index in [1.54, 1.807) is 35.0 Å². The lowest BCUT2D eigenvalue weighted by molar-refractivity contribution is -0.116. The molecule has 0 fully saturated rings. The summed E-state index contributed by atoms with van der Waals surface area (Å²) in [6, 6.07) is 5.74. The summed E-state index contributed by atoms with van der Waals surface area (Å²) in [7, 11) is 1.73. The Balaban J connectivity index is 1.70. The monoisotopic (exact) mass is 369 g/mol. The molecule has 0 aliphatic heterocycles. The third-order valence-corrected chi connectivity index (χ3v) is 6.39. The number of nitrogens with zero attached hydrogens (tertiary/aromatic N) is 3. The quantitative estimate of drug-likeness (QED) is 0.626. The molecular weight excluding hydrogens is 358 g/mol. The van der Waals surface area contributed by atoms with Gasteiger partial charge in [0.25, 0.3) is 0 Å². The van der Waals surface area contributed by atoms with Crippen LogP contribution >= 0.6 is 46.0 Å². The molecule has 0 saturated carbocycles. The number of amides is 1. The van der Waals surface area contributed by atoms with Gasteiger partial charge in [-0.1, -0.05) is 23.4 Å². The second-order valence-corrected chi connectivity index (χ2v) is 8.11. The summed E-state index contributed by atoms with van der Waals surface area (Å²) < 4.78 is 2.12. The zero-order valence-electron chi connectivity index (χ0n) is 11.9. The normalized spacial score (nSPS) is 11.0. The van der Waals surface area contributed by atoms with E-state index in [-0.39, 0.29) is 5.91 Å². The first kappa shape index (κ1) is 15.7. The van der Waals surface area contributed by atoms with Crippen molar-refractivity contribution in [3.8, 4) is 0 Å². The van der Waals surface area contributed by atoms with Gasteiger partial charge in [-0.2, -0.15) is 0 Å². The lowest BCUT2D eigenvalue weighted by Gasteiger charge is -2.09. The number of carbonyl (C=O) groups is 1. The number of hydrogen-bond donors (Lipinski definition) is 0. The third kappa shape index (κ3) is 3.43. The number of fused-ring (bicyclic) bond motifs is 1. The molecule has 2 heterocycles. The van der Waals surface area contributed by atoms with Crippen molar-refractivity contribution in [1.82, 2.24) is 9.97 Å². The number of thioether (sulfide) groups is 1. The molecule has 0 radical (unpaired) electrons. The molecule has 22 heavy (non-hydrogen) atoms. The van der Waals surface area contributed by atoms with E-state index in [2.05, 4.69) is 9.97 Å².